The number of ether oxygens (including phenoxy) is 1. The van der Waals surface area contributed by atoms with Gasteiger partial charge in [-0.2, -0.15) is 0 Å². The van der Waals surface area contributed by atoms with Crippen molar-refractivity contribution in [2.75, 3.05) is 13.7 Å². The van der Waals surface area contributed by atoms with Crippen molar-refractivity contribution in [2.45, 2.75) is 19.8 Å². The van der Waals surface area contributed by atoms with Gasteiger partial charge in [0, 0.05) is 12.1 Å². The molecule has 2 rings (SSSR count). The Bertz CT molecular complexity index is 649. The van der Waals surface area contributed by atoms with Gasteiger partial charge < -0.3 is 14.5 Å². The maximum atomic E-state index is 11.8. The van der Waals surface area contributed by atoms with Gasteiger partial charge in [0.05, 0.1) is 25.6 Å². The van der Waals surface area contributed by atoms with Crippen LogP contribution in [-0.4, -0.2) is 30.5 Å². The van der Waals surface area contributed by atoms with Crippen molar-refractivity contribution in [3.05, 3.63) is 41.8 Å². The lowest BCUT2D eigenvalue weighted by Crippen LogP contribution is -2.28. The number of amides is 1. The second-order valence-electron chi connectivity index (χ2n) is 4.74. The molecular weight excluding hydrogens is 284 g/mol. The molecular formula is C16H18N2O4. The Labute approximate surface area is 128 Å². The Morgan fingerprint density at radius 3 is 2.68 bits per heavy atom. The van der Waals surface area contributed by atoms with Crippen molar-refractivity contribution in [3.8, 4) is 11.5 Å². The Kier molecular flexibility index (Phi) is 5.30. The lowest BCUT2D eigenvalue weighted by molar-refractivity contribution is -0.140. The molecule has 116 valence electrons. The lowest BCUT2D eigenvalue weighted by atomic mass is 10.2. The molecule has 0 bridgehead atoms. The third-order valence-corrected chi connectivity index (χ3v) is 3.12. The molecule has 0 atom stereocenters. The fraction of sp³-hybridized carbons (Fsp3) is 0.312. The van der Waals surface area contributed by atoms with Gasteiger partial charge in [0.2, 0.25) is 11.8 Å². The van der Waals surface area contributed by atoms with Crippen molar-refractivity contribution in [2.24, 2.45) is 0 Å². The van der Waals surface area contributed by atoms with Crippen LogP contribution in [0.1, 0.15) is 17.9 Å². The van der Waals surface area contributed by atoms with Crippen LogP contribution in [0.15, 0.2) is 34.7 Å². The molecule has 0 unspecified atom stereocenters. The van der Waals surface area contributed by atoms with Gasteiger partial charge >= 0.3 is 5.97 Å². The predicted octanol–water partition coefficient (Wildman–Crippen LogP) is 1.87. The van der Waals surface area contributed by atoms with Gasteiger partial charge in [-0.3, -0.25) is 9.59 Å². The zero-order valence-corrected chi connectivity index (χ0v) is 12.6. The fourth-order valence-corrected chi connectivity index (χ4v) is 1.92. The van der Waals surface area contributed by atoms with E-state index in [2.05, 4.69) is 15.0 Å². The third-order valence-electron chi connectivity index (χ3n) is 3.12. The Balaban J connectivity index is 1.94. The maximum absolute atomic E-state index is 11.8. The summed E-state index contributed by atoms with van der Waals surface area (Å²) in [6.45, 7) is 2.02. The van der Waals surface area contributed by atoms with Gasteiger partial charge in [-0.15, -0.1) is 0 Å². The van der Waals surface area contributed by atoms with Crippen molar-refractivity contribution in [1.29, 1.82) is 0 Å². The van der Waals surface area contributed by atoms with Gasteiger partial charge in [-0.05, 0) is 19.1 Å². The number of benzene rings is 1. The van der Waals surface area contributed by atoms with E-state index in [1.807, 2.05) is 30.3 Å². The molecule has 0 aliphatic carbocycles. The quantitative estimate of drug-likeness (QED) is 0.824. The van der Waals surface area contributed by atoms with E-state index in [4.69, 9.17) is 4.42 Å². The van der Waals surface area contributed by atoms with Crippen LogP contribution in [0.5, 0.6) is 0 Å². The first-order valence-electron chi connectivity index (χ1n) is 6.95. The third kappa shape index (κ3) is 4.18. The van der Waals surface area contributed by atoms with Gasteiger partial charge in [-0.1, -0.05) is 18.2 Å². The molecule has 1 amide bonds. The number of esters is 1. The zero-order chi connectivity index (χ0) is 15.9. The Hall–Kier alpha value is -2.63. The van der Waals surface area contributed by atoms with E-state index >= 15 is 0 Å². The summed E-state index contributed by atoms with van der Waals surface area (Å²) >= 11 is 0. The number of carbonyl (C=O) groups is 2. The van der Waals surface area contributed by atoms with Crippen LogP contribution >= 0.6 is 0 Å². The number of rotatable bonds is 6. The second kappa shape index (κ2) is 7.40. The summed E-state index contributed by atoms with van der Waals surface area (Å²) in [6, 6.07) is 9.49. The fourth-order valence-electron chi connectivity index (χ4n) is 1.92. The number of nitrogens with zero attached hydrogens (tertiary/aromatic N) is 1. The summed E-state index contributed by atoms with van der Waals surface area (Å²) in [5, 5.41) is 2.65. The standard InChI is InChI=1S/C16H18N2O4/c1-11-13(10-14(19)17-9-8-15(20)21-2)18-16(22-11)12-6-4-3-5-7-12/h3-7H,8-10H2,1-2H3,(H,17,19). The highest BCUT2D eigenvalue weighted by atomic mass is 16.5. The van der Waals surface area contributed by atoms with E-state index in [1.165, 1.54) is 7.11 Å². The number of oxazole rings is 1. The summed E-state index contributed by atoms with van der Waals surface area (Å²) in [5.41, 5.74) is 1.46. The molecule has 0 radical (unpaired) electrons. The average molecular weight is 302 g/mol. The van der Waals surface area contributed by atoms with E-state index in [1.54, 1.807) is 6.92 Å². The molecule has 0 saturated heterocycles. The molecule has 6 nitrogen and oxygen atoms in total. The molecule has 2 aromatic rings. The van der Waals surface area contributed by atoms with Gasteiger partial charge in [0.1, 0.15) is 5.76 Å². The SMILES string of the molecule is COC(=O)CCNC(=O)Cc1nc(-c2ccccc2)oc1C. The minimum Gasteiger partial charge on any atom is -0.469 e. The van der Waals surface area contributed by atoms with Crippen LogP contribution in [0, 0.1) is 6.92 Å². The Morgan fingerprint density at radius 2 is 2.00 bits per heavy atom. The highest BCUT2D eigenvalue weighted by Crippen LogP contribution is 2.21. The Morgan fingerprint density at radius 1 is 1.27 bits per heavy atom. The highest BCUT2D eigenvalue weighted by Gasteiger charge is 2.14. The number of hydrogen-bond donors (Lipinski definition) is 1. The maximum Gasteiger partial charge on any atom is 0.307 e. The van der Waals surface area contributed by atoms with E-state index in [0.717, 1.165) is 5.56 Å². The number of methoxy groups -OCH3 is 1. The first-order chi connectivity index (χ1) is 10.6. The van der Waals surface area contributed by atoms with Crippen LogP contribution < -0.4 is 5.32 Å². The lowest BCUT2D eigenvalue weighted by Gasteiger charge is -2.02. The number of aryl methyl sites for hydroxylation is 1. The van der Waals surface area contributed by atoms with E-state index in [-0.39, 0.29) is 31.3 Å². The summed E-state index contributed by atoms with van der Waals surface area (Å²) < 4.78 is 10.1. The van der Waals surface area contributed by atoms with Gasteiger partial charge in [0.25, 0.3) is 0 Å². The summed E-state index contributed by atoms with van der Waals surface area (Å²) in [4.78, 5) is 27.2. The monoisotopic (exact) mass is 302 g/mol. The molecule has 0 fully saturated rings. The molecule has 0 aliphatic heterocycles. The smallest absolute Gasteiger partial charge is 0.307 e. The van der Waals surface area contributed by atoms with Crippen LogP contribution in [-0.2, 0) is 20.7 Å². The highest BCUT2D eigenvalue weighted by molar-refractivity contribution is 5.79. The first-order valence-corrected chi connectivity index (χ1v) is 6.95. The first kappa shape index (κ1) is 15.8. The number of nitrogens with one attached hydrogen (secondary N) is 1. The van der Waals surface area contributed by atoms with E-state index in [9.17, 15) is 9.59 Å². The van der Waals surface area contributed by atoms with Crippen LogP contribution in [0.2, 0.25) is 0 Å². The molecule has 1 heterocycles. The number of hydrogen-bond acceptors (Lipinski definition) is 5. The van der Waals surface area contributed by atoms with E-state index in [0.29, 0.717) is 17.3 Å². The van der Waals surface area contributed by atoms with Crippen molar-refractivity contribution in [1.82, 2.24) is 10.3 Å². The number of aromatic nitrogens is 1. The molecule has 0 spiro atoms. The van der Waals surface area contributed by atoms with Crippen LogP contribution in [0.4, 0.5) is 0 Å². The second-order valence-corrected chi connectivity index (χ2v) is 4.74. The summed E-state index contributed by atoms with van der Waals surface area (Å²) in [6.07, 6.45) is 0.263. The van der Waals surface area contributed by atoms with Crippen molar-refractivity contribution >= 4 is 11.9 Å². The normalized spacial score (nSPS) is 10.3. The van der Waals surface area contributed by atoms with Gasteiger partial charge in [0.15, 0.2) is 0 Å². The van der Waals surface area contributed by atoms with Crippen LogP contribution in [0.25, 0.3) is 11.5 Å². The zero-order valence-electron chi connectivity index (χ0n) is 12.6. The minimum absolute atomic E-state index is 0.114. The van der Waals surface area contributed by atoms with Crippen LogP contribution in [0.3, 0.4) is 0 Å². The summed E-state index contributed by atoms with van der Waals surface area (Å²) in [7, 11) is 1.31. The van der Waals surface area contributed by atoms with Crippen molar-refractivity contribution < 1.29 is 18.7 Å². The molecule has 6 heteroatoms. The molecule has 0 saturated carbocycles. The molecule has 22 heavy (non-hydrogen) atoms. The molecule has 0 aliphatic rings. The predicted molar refractivity (Wildman–Crippen MR) is 80.0 cm³/mol. The largest absolute Gasteiger partial charge is 0.469 e. The average Bonchev–Trinajstić information content (AvgIpc) is 2.89. The molecule has 1 aromatic heterocycles. The number of carbonyl (C=O) groups excluding carboxylic acids is 2. The topological polar surface area (TPSA) is 81.4 Å². The molecule has 1 N–H and O–H groups in total. The van der Waals surface area contributed by atoms with Gasteiger partial charge in [-0.25, -0.2) is 4.98 Å². The van der Waals surface area contributed by atoms with Crippen molar-refractivity contribution in [3.63, 3.8) is 0 Å². The molecule has 1 aromatic carbocycles. The van der Waals surface area contributed by atoms with E-state index < -0.39 is 0 Å². The summed E-state index contributed by atoms with van der Waals surface area (Å²) in [5.74, 6) is 0.543. The minimum atomic E-state index is -0.357.